The fourth-order valence-corrected chi connectivity index (χ4v) is 5.44. The summed E-state index contributed by atoms with van der Waals surface area (Å²) < 4.78 is 5.50. The van der Waals surface area contributed by atoms with E-state index in [0.29, 0.717) is 0 Å². The Kier molecular flexibility index (Phi) is 9.10. The third-order valence-electron chi connectivity index (χ3n) is 7.70. The number of anilines is 2. The largest absolute Gasteiger partial charge is 0.497 e. The van der Waals surface area contributed by atoms with Gasteiger partial charge in [-0.1, -0.05) is 146 Å². The molecule has 44 heavy (non-hydrogen) atoms. The van der Waals surface area contributed by atoms with Gasteiger partial charge in [0, 0.05) is 22.8 Å². The lowest BCUT2D eigenvalue weighted by Crippen LogP contribution is -2.11. The maximum atomic E-state index is 5.50. The summed E-state index contributed by atoms with van der Waals surface area (Å²) in [7, 11) is 1.70. The molecular formula is C42H35NO. The van der Waals surface area contributed by atoms with Crippen molar-refractivity contribution in [2.24, 2.45) is 0 Å². The number of benzene rings is 6. The lowest BCUT2D eigenvalue weighted by molar-refractivity contribution is 0.415. The van der Waals surface area contributed by atoms with Crippen molar-refractivity contribution >= 4 is 33.8 Å². The quantitative estimate of drug-likeness (QED) is 0.152. The van der Waals surface area contributed by atoms with Crippen molar-refractivity contribution in [2.45, 2.75) is 6.42 Å². The lowest BCUT2D eigenvalue weighted by Gasteiger charge is -2.26. The molecule has 0 fully saturated rings. The van der Waals surface area contributed by atoms with E-state index in [4.69, 9.17) is 4.74 Å². The van der Waals surface area contributed by atoms with Gasteiger partial charge in [-0.3, -0.25) is 0 Å². The Morgan fingerprint density at radius 2 is 1.18 bits per heavy atom. The van der Waals surface area contributed by atoms with E-state index in [1.54, 1.807) is 7.11 Å². The molecule has 6 aromatic rings. The van der Waals surface area contributed by atoms with Crippen molar-refractivity contribution in [1.29, 1.82) is 0 Å². The van der Waals surface area contributed by atoms with Crippen LogP contribution in [0.4, 0.5) is 11.4 Å². The van der Waals surface area contributed by atoms with Crippen LogP contribution in [0.2, 0.25) is 0 Å². The van der Waals surface area contributed by atoms with Crippen LogP contribution in [0.3, 0.4) is 0 Å². The van der Waals surface area contributed by atoms with Gasteiger partial charge >= 0.3 is 0 Å². The van der Waals surface area contributed by atoms with Gasteiger partial charge < -0.3 is 9.64 Å². The third-order valence-corrected chi connectivity index (χ3v) is 7.70. The molecule has 0 atom stereocenters. The summed E-state index contributed by atoms with van der Waals surface area (Å²) in [6.07, 6.45) is 11.7. The number of rotatable bonds is 10. The summed E-state index contributed by atoms with van der Waals surface area (Å²) in [5.41, 5.74) is 8.12. The highest BCUT2D eigenvalue weighted by molar-refractivity contribution is 5.99. The van der Waals surface area contributed by atoms with E-state index in [9.17, 15) is 0 Å². The number of hydrogen-bond acceptors (Lipinski definition) is 2. The van der Waals surface area contributed by atoms with E-state index >= 15 is 0 Å². The summed E-state index contributed by atoms with van der Waals surface area (Å²) in [5, 5.41) is 2.44. The minimum absolute atomic E-state index is 0.831. The molecule has 0 aliphatic carbocycles. The normalized spacial score (nSPS) is 11.2. The average Bonchev–Trinajstić information content (AvgIpc) is 3.10. The van der Waals surface area contributed by atoms with Gasteiger partial charge in [0.15, 0.2) is 0 Å². The minimum atomic E-state index is 0.831. The molecule has 214 valence electrons. The second-order valence-electron chi connectivity index (χ2n) is 10.5. The molecule has 0 radical (unpaired) electrons. The smallest absolute Gasteiger partial charge is 0.119 e. The van der Waals surface area contributed by atoms with Gasteiger partial charge in [-0.2, -0.15) is 0 Å². The molecule has 0 spiro atoms. The Labute approximate surface area is 260 Å². The molecule has 0 saturated carbocycles. The first-order chi connectivity index (χ1) is 21.8. The molecule has 0 saturated heterocycles. The van der Waals surface area contributed by atoms with Crippen molar-refractivity contribution < 1.29 is 4.74 Å². The molecule has 0 aromatic heterocycles. The second kappa shape index (κ2) is 14.0. The van der Waals surface area contributed by atoms with Crippen molar-refractivity contribution in [3.63, 3.8) is 0 Å². The van der Waals surface area contributed by atoms with Crippen LogP contribution in [0.15, 0.2) is 176 Å². The molecule has 0 amide bonds. The van der Waals surface area contributed by atoms with Crippen LogP contribution in [0.25, 0.3) is 22.4 Å². The standard InChI is InChI=1S/C42H35NO/c1-44-38-29-27-37(28-30-38)43(32-41(34-19-10-4-11-20-34)35-21-12-5-13-22-35)42-31-26-36(39-24-14-15-25-40(39)42)23-9-3-8-18-33-16-6-2-7-17-33/h2-22,24-32H,23H2,1H3/b9-3+,18-8+. The van der Waals surface area contributed by atoms with Gasteiger partial charge in [-0.25, -0.2) is 0 Å². The molecule has 6 aromatic carbocycles. The van der Waals surface area contributed by atoms with E-state index in [0.717, 1.165) is 40.2 Å². The van der Waals surface area contributed by atoms with Gasteiger partial charge in [0.25, 0.3) is 0 Å². The summed E-state index contributed by atoms with van der Waals surface area (Å²) in [6.45, 7) is 0. The Morgan fingerprint density at radius 1 is 0.591 bits per heavy atom. The van der Waals surface area contributed by atoms with Crippen molar-refractivity contribution in [3.8, 4) is 5.75 Å². The number of hydrogen-bond donors (Lipinski definition) is 0. The van der Waals surface area contributed by atoms with Crippen LogP contribution in [0.1, 0.15) is 22.3 Å². The topological polar surface area (TPSA) is 12.5 Å². The predicted molar refractivity (Wildman–Crippen MR) is 187 cm³/mol. The highest BCUT2D eigenvalue weighted by atomic mass is 16.5. The summed E-state index contributed by atoms with van der Waals surface area (Å²) >= 11 is 0. The van der Waals surface area contributed by atoms with Gasteiger partial charge in [0.2, 0.25) is 0 Å². The van der Waals surface area contributed by atoms with Crippen molar-refractivity contribution in [3.05, 3.63) is 198 Å². The zero-order chi connectivity index (χ0) is 30.0. The number of nitrogens with zero attached hydrogens (tertiary/aromatic N) is 1. The molecule has 6 rings (SSSR count). The first kappa shape index (κ1) is 28.5. The Hall–Kier alpha value is -5.60. The van der Waals surface area contributed by atoms with Crippen molar-refractivity contribution in [2.75, 3.05) is 12.0 Å². The van der Waals surface area contributed by atoms with Crippen LogP contribution < -0.4 is 9.64 Å². The molecule has 0 bridgehead atoms. The zero-order valence-corrected chi connectivity index (χ0v) is 24.9. The molecule has 0 unspecified atom stereocenters. The number of methoxy groups -OCH3 is 1. The Balaban J connectivity index is 1.43. The van der Waals surface area contributed by atoms with Crippen LogP contribution in [0.5, 0.6) is 5.75 Å². The molecule has 0 aliphatic rings. The van der Waals surface area contributed by atoms with Crippen molar-refractivity contribution in [1.82, 2.24) is 0 Å². The van der Waals surface area contributed by atoms with Crippen LogP contribution in [-0.4, -0.2) is 7.11 Å². The third kappa shape index (κ3) is 6.72. The van der Waals surface area contributed by atoms with E-state index < -0.39 is 0 Å². The van der Waals surface area contributed by atoms with Crippen LogP contribution in [0, 0.1) is 0 Å². The van der Waals surface area contributed by atoms with E-state index in [2.05, 4.69) is 169 Å². The predicted octanol–water partition coefficient (Wildman–Crippen LogP) is 10.9. The van der Waals surface area contributed by atoms with E-state index in [1.807, 2.05) is 18.2 Å². The summed E-state index contributed by atoms with van der Waals surface area (Å²) in [6, 6.07) is 53.1. The molecule has 0 heterocycles. The van der Waals surface area contributed by atoms with E-state index in [-0.39, 0.29) is 0 Å². The SMILES string of the molecule is COc1ccc(N(C=C(c2ccccc2)c2ccccc2)c2ccc(C/C=C/C=C/c3ccccc3)c3ccccc23)cc1. The lowest BCUT2D eigenvalue weighted by atomic mass is 9.97. The molecule has 0 aliphatic heterocycles. The van der Waals surface area contributed by atoms with Gasteiger partial charge in [0.1, 0.15) is 5.75 Å². The average molecular weight is 570 g/mol. The monoisotopic (exact) mass is 569 g/mol. The Morgan fingerprint density at radius 3 is 1.82 bits per heavy atom. The number of fused-ring (bicyclic) bond motifs is 1. The summed E-state index contributed by atoms with van der Waals surface area (Å²) in [5.74, 6) is 0.831. The highest BCUT2D eigenvalue weighted by Crippen LogP contribution is 2.37. The van der Waals surface area contributed by atoms with E-state index in [1.165, 1.54) is 21.9 Å². The fourth-order valence-electron chi connectivity index (χ4n) is 5.44. The second-order valence-corrected chi connectivity index (χ2v) is 10.5. The maximum Gasteiger partial charge on any atom is 0.119 e. The zero-order valence-electron chi connectivity index (χ0n) is 24.9. The minimum Gasteiger partial charge on any atom is -0.497 e. The number of allylic oxidation sites excluding steroid dienone is 3. The molecule has 2 nitrogen and oxygen atoms in total. The molecule has 0 N–H and O–H groups in total. The van der Waals surface area contributed by atoms with Gasteiger partial charge in [0.05, 0.1) is 12.8 Å². The maximum absolute atomic E-state index is 5.50. The summed E-state index contributed by atoms with van der Waals surface area (Å²) in [4.78, 5) is 2.30. The van der Waals surface area contributed by atoms with Crippen LogP contribution in [-0.2, 0) is 6.42 Å². The number of ether oxygens (including phenoxy) is 1. The fraction of sp³-hybridized carbons (Fsp3) is 0.0476. The van der Waals surface area contributed by atoms with Gasteiger partial charge in [-0.15, -0.1) is 0 Å². The first-order valence-corrected chi connectivity index (χ1v) is 14.9. The molecule has 2 heteroatoms. The molecular weight excluding hydrogens is 534 g/mol. The first-order valence-electron chi connectivity index (χ1n) is 14.9. The highest BCUT2D eigenvalue weighted by Gasteiger charge is 2.16. The Bertz CT molecular complexity index is 1850. The van der Waals surface area contributed by atoms with Crippen LogP contribution >= 0.6 is 0 Å². The van der Waals surface area contributed by atoms with Gasteiger partial charge in [-0.05, 0) is 64.4 Å².